The summed E-state index contributed by atoms with van der Waals surface area (Å²) >= 11 is 5.62. The minimum Gasteiger partial charge on any atom is -0.375 e. The van der Waals surface area contributed by atoms with E-state index in [4.69, 9.17) is 11.6 Å². The Morgan fingerprint density at radius 1 is 1.59 bits per heavy atom. The van der Waals surface area contributed by atoms with Gasteiger partial charge in [-0.05, 0) is 12.1 Å². The third kappa shape index (κ3) is 6.13. The Labute approximate surface area is 102 Å². The lowest BCUT2D eigenvalue weighted by Crippen LogP contribution is -2.15. The number of ether oxygens (including phenoxy) is 1. The largest absolute Gasteiger partial charge is 0.375 e. The van der Waals surface area contributed by atoms with Crippen molar-refractivity contribution in [3.05, 3.63) is 23.5 Å². The highest BCUT2D eigenvalue weighted by Gasteiger charge is 2.05. The van der Waals surface area contributed by atoms with Crippen molar-refractivity contribution in [1.82, 2.24) is 4.98 Å². The summed E-state index contributed by atoms with van der Waals surface area (Å²) in [4.78, 5) is 15.1. The van der Waals surface area contributed by atoms with Gasteiger partial charge in [0.05, 0.1) is 13.0 Å². The molecule has 0 aliphatic rings. The normalized spacial score (nSPS) is 10.6. The average molecular weight is 265 g/mol. The van der Waals surface area contributed by atoms with E-state index in [1.54, 1.807) is 6.07 Å². The van der Waals surface area contributed by atoms with Crippen molar-refractivity contribution < 1.29 is 18.3 Å². The molecule has 0 saturated carbocycles. The fourth-order valence-corrected chi connectivity index (χ4v) is 1.21. The summed E-state index contributed by atoms with van der Waals surface area (Å²) in [6, 6.07) is 3.06. The number of rotatable bonds is 6. The number of aromatic nitrogens is 1. The topological polar surface area (TPSA) is 51.2 Å². The third-order valence-electron chi connectivity index (χ3n) is 1.73. The minimum absolute atomic E-state index is 0.00661. The van der Waals surface area contributed by atoms with Crippen molar-refractivity contribution in [2.45, 2.75) is 12.8 Å². The van der Waals surface area contributed by atoms with E-state index in [0.717, 1.165) is 0 Å². The highest BCUT2D eigenvalue weighted by atomic mass is 35.5. The van der Waals surface area contributed by atoms with Crippen molar-refractivity contribution in [3.63, 3.8) is 0 Å². The van der Waals surface area contributed by atoms with Crippen molar-refractivity contribution in [3.8, 4) is 0 Å². The van der Waals surface area contributed by atoms with Gasteiger partial charge in [-0.1, -0.05) is 11.6 Å². The lowest BCUT2D eigenvalue weighted by Gasteiger charge is -2.05. The zero-order chi connectivity index (χ0) is 12.7. The van der Waals surface area contributed by atoms with Crippen molar-refractivity contribution in [1.29, 1.82) is 0 Å². The zero-order valence-corrected chi connectivity index (χ0v) is 9.58. The van der Waals surface area contributed by atoms with Crippen LogP contribution in [-0.4, -0.2) is 30.5 Å². The highest BCUT2D eigenvalue weighted by Crippen LogP contribution is 2.11. The first-order valence-electron chi connectivity index (χ1n) is 4.85. The molecule has 17 heavy (non-hydrogen) atoms. The molecule has 1 rings (SSSR count). The predicted octanol–water partition coefficient (Wildman–Crippen LogP) is 2.35. The van der Waals surface area contributed by atoms with Crippen LogP contribution in [0.15, 0.2) is 18.3 Å². The molecule has 0 fully saturated rings. The van der Waals surface area contributed by atoms with Gasteiger partial charge in [0, 0.05) is 11.9 Å². The maximum Gasteiger partial charge on any atom is 0.261 e. The molecule has 0 unspecified atom stereocenters. The van der Waals surface area contributed by atoms with Crippen LogP contribution in [0.5, 0.6) is 0 Å². The summed E-state index contributed by atoms with van der Waals surface area (Å²) in [5.74, 6) is -0.332. The van der Waals surface area contributed by atoms with E-state index in [2.05, 4.69) is 15.0 Å². The van der Waals surface area contributed by atoms with Gasteiger partial charge in [0.15, 0.2) is 0 Å². The van der Waals surface area contributed by atoms with E-state index in [1.807, 2.05) is 0 Å². The third-order valence-corrected chi connectivity index (χ3v) is 1.93. The van der Waals surface area contributed by atoms with Crippen LogP contribution < -0.4 is 5.32 Å². The number of nitrogens with zero attached hydrogens (tertiary/aromatic N) is 1. The molecule has 0 aromatic carbocycles. The SMILES string of the molecule is O=C(CCOCC(F)F)Nc1ccnc(Cl)c1. The van der Waals surface area contributed by atoms with Crippen LogP contribution >= 0.6 is 11.6 Å². The van der Waals surface area contributed by atoms with E-state index < -0.39 is 13.0 Å². The molecular formula is C10H11ClF2N2O2. The molecule has 0 atom stereocenters. The summed E-state index contributed by atoms with van der Waals surface area (Å²) in [6.45, 7) is -0.705. The van der Waals surface area contributed by atoms with Gasteiger partial charge in [-0.25, -0.2) is 13.8 Å². The molecular weight excluding hydrogens is 254 g/mol. The average Bonchev–Trinajstić information content (AvgIpc) is 2.24. The van der Waals surface area contributed by atoms with E-state index in [-0.39, 0.29) is 24.1 Å². The monoisotopic (exact) mass is 264 g/mol. The number of nitrogens with one attached hydrogen (secondary N) is 1. The summed E-state index contributed by atoms with van der Waals surface area (Å²) in [6.07, 6.45) is -1.06. The fourth-order valence-electron chi connectivity index (χ4n) is 1.04. The number of hydrogen-bond donors (Lipinski definition) is 1. The number of carbonyl (C=O) groups is 1. The van der Waals surface area contributed by atoms with Gasteiger partial charge < -0.3 is 10.1 Å². The van der Waals surface area contributed by atoms with Gasteiger partial charge in [-0.3, -0.25) is 4.79 Å². The van der Waals surface area contributed by atoms with Crippen LogP contribution in [0.25, 0.3) is 0 Å². The Balaban J connectivity index is 2.25. The first kappa shape index (κ1) is 13.8. The fraction of sp³-hybridized carbons (Fsp3) is 0.400. The molecule has 0 saturated heterocycles. The first-order chi connectivity index (χ1) is 8.08. The lowest BCUT2D eigenvalue weighted by molar-refractivity contribution is -0.117. The second kappa shape index (κ2) is 7.13. The standard InChI is InChI=1S/C10H11ClF2N2O2/c11-8-5-7(1-3-14-8)15-10(16)2-4-17-6-9(12)13/h1,3,5,9H,2,4,6H2,(H,14,15,16). The van der Waals surface area contributed by atoms with Crippen molar-refractivity contribution >= 4 is 23.2 Å². The van der Waals surface area contributed by atoms with Gasteiger partial charge in [0.2, 0.25) is 5.91 Å². The second-order valence-corrected chi connectivity index (χ2v) is 3.52. The summed E-state index contributed by atoms with van der Waals surface area (Å²) in [5, 5.41) is 2.80. The molecule has 1 aromatic rings. The van der Waals surface area contributed by atoms with Gasteiger partial charge in [-0.2, -0.15) is 0 Å². The predicted molar refractivity (Wildman–Crippen MR) is 59.3 cm³/mol. The molecule has 7 heteroatoms. The summed E-state index contributed by atoms with van der Waals surface area (Å²) in [7, 11) is 0. The number of halogens is 3. The Morgan fingerprint density at radius 2 is 2.35 bits per heavy atom. The van der Waals surface area contributed by atoms with E-state index in [0.29, 0.717) is 5.69 Å². The van der Waals surface area contributed by atoms with Crippen LogP contribution in [0.3, 0.4) is 0 Å². The number of carbonyl (C=O) groups excluding carboxylic acids is 1. The van der Waals surface area contributed by atoms with Gasteiger partial charge >= 0.3 is 0 Å². The van der Waals surface area contributed by atoms with Gasteiger partial charge in [-0.15, -0.1) is 0 Å². The smallest absolute Gasteiger partial charge is 0.261 e. The molecule has 0 spiro atoms. The molecule has 0 aliphatic carbocycles. The molecule has 0 radical (unpaired) electrons. The van der Waals surface area contributed by atoms with Crippen LogP contribution in [-0.2, 0) is 9.53 Å². The van der Waals surface area contributed by atoms with E-state index in [9.17, 15) is 13.6 Å². The first-order valence-corrected chi connectivity index (χ1v) is 5.23. The quantitative estimate of drug-likeness (QED) is 0.634. The molecule has 1 amide bonds. The molecule has 0 aliphatic heterocycles. The van der Waals surface area contributed by atoms with Gasteiger partial charge in [0.25, 0.3) is 6.43 Å². The molecule has 0 bridgehead atoms. The summed E-state index contributed by atoms with van der Waals surface area (Å²) < 4.78 is 28.0. The molecule has 1 heterocycles. The van der Waals surface area contributed by atoms with Crippen LogP contribution in [0.4, 0.5) is 14.5 Å². The Bertz CT molecular complexity index is 377. The zero-order valence-electron chi connectivity index (χ0n) is 8.83. The van der Waals surface area contributed by atoms with Crippen LogP contribution in [0.1, 0.15) is 6.42 Å². The molecule has 1 aromatic heterocycles. The van der Waals surface area contributed by atoms with Crippen molar-refractivity contribution in [2.75, 3.05) is 18.5 Å². The summed E-state index contributed by atoms with van der Waals surface area (Å²) in [5.41, 5.74) is 0.504. The second-order valence-electron chi connectivity index (χ2n) is 3.13. The van der Waals surface area contributed by atoms with Gasteiger partial charge in [0.1, 0.15) is 11.8 Å². The van der Waals surface area contributed by atoms with Crippen LogP contribution in [0.2, 0.25) is 5.15 Å². The van der Waals surface area contributed by atoms with Crippen molar-refractivity contribution in [2.24, 2.45) is 0 Å². The van der Waals surface area contributed by atoms with E-state index in [1.165, 1.54) is 12.3 Å². The van der Waals surface area contributed by atoms with Crippen LogP contribution in [0, 0.1) is 0 Å². The Morgan fingerprint density at radius 3 is 3.00 bits per heavy atom. The number of pyridine rings is 1. The lowest BCUT2D eigenvalue weighted by atomic mass is 10.3. The number of hydrogen-bond acceptors (Lipinski definition) is 3. The Kier molecular flexibility index (Phi) is 5.79. The van der Waals surface area contributed by atoms with E-state index >= 15 is 0 Å². The maximum atomic E-state index is 11.7. The number of amides is 1. The Hall–Kier alpha value is -1.27. The number of alkyl halides is 2. The highest BCUT2D eigenvalue weighted by molar-refractivity contribution is 6.29. The molecule has 1 N–H and O–H groups in total. The molecule has 4 nitrogen and oxygen atoms in total. The maximum absolute atomic E-state index is 11.7. The number of anilines is 1. The molecule has 94 valence electrons. The minimum atomic E-state index is -2.52.